The van der Waals surface area contributed by atoms with Crippen molar-refractivity contribution in [1.29, 1.82) is 0 Å². The van der Waals surface area contributed by atoms with Crippen LogP contribution in [0.5, 0.6) is 11.5 Å². The van der Waals surface area contributed by atoms with Gasteiger partial charge in [0.05, 0.1) is 7.11 Å². The molecule has 1 N–H and O–H groups in total. The smallest absolute Gasteiger partial charge is 0.132 e. The van der Waals surface area contributed by atoms with Crippen LogP contribution in [-0.2, 0) is 13.0 Å². The van der Waals surface area contributed by atoms with Crippen LogP contribution in [0, 0.1) is 0 Å². The van der Waals surface area contributed by atoms with Gasteiger partial charge in [-0.05, 0) is 54.0 Å². The number of ether oxygens (including phenoxy) is 2. The minimum atomic E-state index is 0.497. The lowest BCUT2D eigenvalue weighted by molar-refractivity contribution is 0.344. The van der Waals surface area contributed by atoms with Gasteiger partial charge in [-0.3, -0.25) is 0 Å². The van der Waals surface area contributed by atoms with E-state index in [1.165, 1.54) is 11.1 Å². The molecule has 0 amide bonds. The highest BCUT2D eigenvalue weighted by atomic mass is 16.5. The van der Waals surface area contributed by atoms with E-state index in [4.69, 9.17) is 9.47 Å². The Hall–Kier alpha value is -3.28. The lowest BCUT2D eigenvalue weighted by atomic mass is 9.91. The maximum absolute atomic E-state index is 5.89. The van der Waals surface area contributed by atoms with Gasteiger partial charge < -0.3 is 19.4 Å². The number of aryl methyl sites for hydroxylation is 1. The zero-order valence-corrected chi connectivity index (χ0v) is 16.5. The third-order valence-electron chi connectivity index (χ3n) is 5.70. The molecule has 3 heterocycles. The van der Waals surface area contributed by atoms with Crippen molar-refractivity contribution in [3.05, 3.63) is 71.3 Å². The number of hydrogen-bond donors (Lipinski definition) is 1. The van der Waals surface area contributed by atoms with Crippen molar-refractivity contribution in [1.82, 2.24) is 14.8 Å². The Kier molecular flexibility index (Phi) is 4.68. The lowest BCUT2D eigenvalue weighted by Gasteiger charge is -2.24. The van der Waals surface area contributed by atoms with E-state index in [0.717, 1.165) is 54.5 Å². The first-order valence-corrected chi connectivity index (χ1v) is 9.99. The average molecular weight is 388 g/mol. The number of fused-ring (bicyclic) bond motifs is 2. The molecule has 0 saturated carbocycles. The summed E-state index contributed by atoms with van der Waals surface area (Å²) in [4.78, 5) is 0. The van der Waals surface area contributed by atoms with Gasteiger partial charge in [0.2, 0.25) is 0 Å². The number of hydrogen-bond acceptors (Lipinski definition) is 5. The van der Waals surface area contributed by atoms with Crippen LogP contribution in [0.3, 0.4) is 0 Å². The SMILES string of the molecule is COc1ccc2c(c1)C=C(CNc1cccc([C@H]3CCc4nncn4C3)c1)CO2. The summed E-state index contributed by atoms with van der Waals surface area (Å²) in [7, 11) is 1.68. The van der Waals surface area contributed by atoms with Crippen LogP contribution >= 0.6 is 0 Å². The Morgan fingerprint density at radius 3 is 3.14 bits per heavy atom. The van der Waals surface area contributed by atoms with Crippen molar-refractivity contribution in [2.45, 2.75) is 25.3 Å². The second-order valence-electron chi connectivity index (χ2n) is 7.61. The second kappa shape index (κ2) is 7.62. The molecule has 3 aromatic rings. The van der Waals surface area contributed by atoms with Crippen LogP contribution in [0.2, 0.25) is 0 Å². The van der Waals surface area contributed by atoms with Gasteiger partial charge in [0.15, 0.2) is 0 Å². The summed E-state index contributed by atoms with van der Waals surface area (Å²) in [6, 6.07) is 14.6. The van der Waals surface area contributed by atoms with E-state index in [1.807, 2.05) is 24.5 Å². The van der Waals surface area contributed by atoms with Gasteiger partial charge >= 0.3 is 0 Å². The van der Waals surface area contributed by atoms with Crippen molar-refractivity contribution in [3.8, 4) is 11.5 Å². The molecule has 6 nitrogen and oxygen atoms in total. The average Bonchev–Trinajstić information content (AvgIpc) is 3.25. The standard InChI is InChI=1S/C23H24N4O2/c1-28-21-6-7-22-19(11-21)9-16(14-29-22)12-24-20-4-2-3-17(10-20)18-5-8-23-26-25-15-27(23)13-18/h2-4,6-7,9-11,15,18,24H,5,8,12-14H2,1H3/t18-/m0/s1. The largest absolute Gasteiger partial charge is 0.497 e. The summed E-state index contributed by atoms with van der Waals surface area (Å²) in [5.41, 5.74) is 4.77. The predicted octanol–water partition coefficient (Wildman–Crippen LogP) is 3.90. The Morgan fingerprint density at radius 1 is 1.24 bits per heavy atom. The molecule has 0 fully saturated rings. The fraction of sp³-hybridized carbons (Fsp3) is 0.304. The van der Waals surface area contributed by atoms with E-state index < -0.39 is 0 Å². The summed E-state index contributed by atoms with van der Waals surface area (Å²) in [6.07, 6.45) is 6.12. The zero-order chi connectivity index (χ0) is 19.6. The third-order valence-corrected chi connectivity index (χ3v) is 5.70. The van der Waals surface area contributed by atoms with Crippen molar-refractivity contribution >= 4 is 11.8 Å². The first-order chi connectivity index (χ1) is 14.3. The highest BCUT2D eigenvalue weighted by Crippen LogP contribution is 2.31. The highest BCUT2D eigenvalue weighted by Gasteiger charge is 2.21. The summed E-state index contributed by atoms with van der Waals surface area (Å²) in [5, 5.41) is 11.8. The molecule has 0 saturated heterocycles. The van der Waals surface area contributed by atoms with E-state index in [-0.39, 0.29) is 0 Å². The van der Waals surface area contributed by atoms with Crippen LogP contribution in [0.25, 0.3) is 6.08 Å². The molecule has 2 aliphatic rings. The molecular weight excluding hydrogens is 364 g/mol. The van der Waals surface area contributed by atoms with Gasteiger partial charge in [-0.15, -0.1) is 10.2 Å². The monoisotopic (exact) mass is 388 g/mol. The Labute approximate surface area is 170 Å². The second-order valence-corrected chi connectivity index (χ2v) is 7.61. The van der Waals surface area contributed by atoms with Crippen molar-refractivity contribution in [2.24, 2.45) is 0 Å². The van der Waals surface area contributed by atoms with E-state index in [0.29, 0.717) is 12.5 Å². The van der Waals surface area contributed by atoms with Crippen molar-refractivity contribution in [3.63, 3.8) is 0 Å². The van der Waals surface area contributed by atoms with Crippen LogP contribution in [-0.4, -0.2) is 35.0 Å². The van der Waals surface area contributed by atoms with Crippen LogP contribution in [0.1, 0.15) is 29.3 Å². The Bertz CT molecular complexity index is 1060. The van der Waals surface area contributed by atoms with Crippen LogP contribution < -0.4 is 14.8 Å². The zero-order valence-electron chi connectivity index (χ0n) is 16.5. The molecule has 29 heavy (non-hydrogen) atoms. The topological polar surface area (TPSA) is 61.2 Å². The lowest BCUT2D eigenvalue weighted by Crippen LogP contribution is -2.19. The van der Waals surface area contributed by atoms with Crippen molar-refractivity contribution < 1.29 is 9.47 Å². The number of anilines is 1. The molecule has 2 aliphatic heterocycles. The van der Waals surface area contributed by atoms with E-state index in [1.54, 1.807) is 7.11 Å². The van der Waals surface area contributed by atoms with E-state index in [9.17, 15) is 0 Å². The predicted molar refractivity (Wildman–Crippen MR) is 112 cm³/mol. The molecule has 1 atom stereocenters. The maximum atomic E-state index is 5.89. The fourth-order valence-corrected chi connectivity index (χ4v) is 4.08. The number of methoxy groups -OCH3 is 1. The van der Waals surface area contributed by atoms with Crippen LogP contribution in [0.15, 0.2) is 54.4 Å². The molecule has 148 valence electrons. The first kappa shape index (κ1) is 17.8. The molecule has 0 unspecified atom stereocenters. The van der Waals surface area contributed by atoms with E-state index in [2.05, 4.69) is 50.4 Å². The van der Waals surface area contributed by atoms with Gasteiger partial charge in [-0.2, -0.15) is 0 Å². The number of nitrogens with one attached hydrogen (secondary N) is 1. The molecular formula is C23H24N4O2. The Morgan fingerprint density at radius 2 is 2.21 bits per heavy atom. The number of nitrogens with zero attached hydrogens (tertiary/aromatic N) is 3. The minimum Gasteiger partial charge on any atom is -0.497 e. The maximum Gasteiger partial charge on any atom is 0.132 e. The molecule has 1 aromatic heterocycles. The number of benzene rings is 2. The molecule has 0 bridgehead atoms. The normalized spacial score (nSPS) is 17.6. The Balaban J connectivity index is 1.27. The highest BCUT2D eigenvalue weighted by molar-refractivity contribution is 5.65. The molecule has 0 aliphatic carbocycles. The molecule has 0 radical (unpaired) electrons. The van der Waals surface area contributed by atoms with Gasteiger partial charge in [0.25, 0.3) is 0 Å². The number of aromatic nitrogens is 3. The van der Waals surface area contributed by atoms with Gasteiger partial charge in [-0.1, -0.05) is 12.1 Å². The molecule has 2 aromatic carbocycles. The summed E-state index contributed by atoms with van der Waals surface area (Å²) >= 11 is 0. The first-order valence-electron chi connectivity index (χ1n) is 9.99. The third kappa shape index (κ3) is 3.70. The summed E-state index contributed by atoms with van der Waals surface area (Å²) in [5.74, 6) is 3.34. The molecule has 5 rings (SSSR count). The van der Waals surface area contributed by atoms with Gasteiger partial charge in [0, 0.05) is 36.7 Å². The summed E-state index contributed by atoms with van der Waals surface area (Å²) in [6.45, 7) is 2.30. The summed E-state index contributed by atoms with van der Waals surface area (Å²) < 4.78 is 13.4. The fourth-order valence-electron chi connectivity index (χ4n) is 4.08. The quantitative estimate of drug-likeness (QED) is 0.718. The number of rotatable bonds is 5. The minimum absolute atomic E-state index is 0.497. The van der Waals surface area contributed by atoms with Gasteiger partial charge in [0.1, 0.15) is 30.3 Å². The van der Waals surface area contributed by atoms with Crippen LogP contribution in [0.4, 0.5) is 5.69 Å². The molecule has 6 heteroatoms. The van der Waals surface area contributed by atoms with Crippen molar-refractivity contribution in [2.75, 3.05) is 25.6 Å². The van der Waals surface area contributed by atoms with Gasteiger partial charge in [-0.25, -0.2) is 0 Å². The molecule has 0 spiro atoms. The van der Waals surface area contributed by atoms with E-state index >= 15 is 0 Å².